The van der Waals surface area contributed by atoms with Crippen molar-refractivity contribution in [2.24, 2.45) is 5.41 Å². The first-order valence-corrected chi connectivity index (χ1v) is 11.3. The zero-order valence-electron chi connectivity index (χ0n) is 17.6. The molecule has 1 saturated heterocycles. The zero-order chi connectivity index (χ0) is 20.1. The molecule has 0 radical (unpaired) electrons. The normalized spacial score (nSPS) is 22.4. The van der Waals surface area contributed by atoms with Crippen molar-refractivity contribution in [3.05, 3.63) is 58.3 Å². The van der Waals surface area contributed by atoms with E-state index in [1.165, 1.54) is 23.5 Å². The molecule has 152 valence electrons. The van der Waals surface area contributed by atoms with Gasteiger partial charge < -0.3 is 15.1 Å². The lowest BCUT2D eigenvalue weighted by Crippen LogP contribution is -3.28. The van der Waals surface area contributed by atoms with Crippen molar-refractivity contribution in [1.82, 2.24) is 5.32 Å². The number of carbonyl (C=O) groups excluding carboxylic acids is 1. The number of nitrogens with one attached hydrogen (secondary N) is 3. The summed E-state index contributed by atoms with van der Waals surface area (Å²) >= 11 is 1.81. The van der Waals surface area contributed by atoms with Crippen LogP contribution in [-0.2, 0) is 11.3 Å². The molecule has 2 atom stereocenters. The fourth-order valence-electron chi connectivity index (χ4n) is 4.07. The van der Waals surface area contributed by atoms with Crippen LogP contribution in [0.15, 0.2) is 47.8 Å². The van der Waals surface area contributed by atoms with E-state index in [0.29, 0.717) is 6.04 Å². The molecule has 28 heavy (non-hydrogen) atoms. The van der Waals surface area contributed by atoms with Crippen LogP contribution < -0.4 is 15.1 Å². The minimum atomic E-state index is -0.359. The minimum absolute atomic E-state index is 0.121. The van der Waals surface area contributed by atoms with Gasteiger partial charge in [-0.15, -0.1) is 11.3 Å². The Kier molecular flexibility index (Phi) is 6.91. The first kappa shape index (κ1) is 21.0. The van der Waals surface area contributed by atoms with Gasteiger partial charge in [0.2, 0.25) is 5.91 Å². The molecule has 0 unspecified atom stereocenters. The van der Waals surface area contributed by atoms with Gasteiger partial charge in [-0.3, -0.25) is 4.79 Å². The molecular formula is C23H35N3OS+2. The smallest absolute Gasteiger partial charge is 0.225 e. The molecule has 2 aromatic rings. The SMILES string of the molecule is C[C@H](NC(=O)C(C)(C)C)[C@@H](c1cccs1)[NH+]1CC[NH+](Cc2ccccc2)CC1. The topological polar surface area (TPSA) is 38.0 Å². The quantitative estimate of drug-likeness (QED) is 0.671. The Morgan fingerprint density at radius 3 is 2.32 bits per heavy atom. The van der Waals surface area contributed by atoms with E-state index in [9.17, 15) is 4.79 Å². The summed E-state index contributed by atoms with van der Waals surface area (Å²) in [6.07, 6.45) is 0. The molecule has 1 aromatic carbocycles. The van der Waals surface area contributed by atoms with Gasteiger partial charge in [0, 0.05) is 11.0 Å². The van der Waals surface area contributed by atoms with Crippen LogP contribution in [0.1, 0.15) is 44.2 Å². The standard InChI is InChI=1S/C23H33N3OS/c1-18(24-22(27)23(2,3)4)21(20-11-8-16-28-20)26-14-12-25(13-15-26)17-19-9-6-5-7-10-19/h5-11,16,18,21H,12-15,17H2,1-4H3,(H,24,27)/p+2/t18-,21-/m0/s1. The molecule has 2 heterocycles. The van der Waals surface area contributed by atoms with E-state index in [2.05, 4.69) is 60.1 Å². The maximum atomic E-state index is 12.6. The van der Waals surface area contributed by atoms with Gasteiger partial charge in [0.25, 0.3) is 0 Å². The van der Waals surface area contributed by atoms with Crippen LogP contribution in [0.25, 0.3) is 0 Å². The third kappa shape index (κ3) is 5.43. The second-order valence-corrected chi connectivity index (χ2v) is 10.1. The molecule has 1 fully saturated rings. The second kappa shape index (κ2) is 9.21. The highest BCUT2D eigenvalue weighted by molar-refractivity contribution is 7.10. The van der Waals surface area contributed by atoms with Crippen molar-refractivity contribution in [2.45, 2.75) is 46.3 Å². The molecule has 3 N–H and O–H groups in total. The molecule has 5 heteroatoms. The van der Waals surface area contributed by atoms with E-state index in [1.54, 1.807) is 9.80 Å². The van der Waals surface area contributed by atoms with Gasteiger partial charge in [0.05, 0.1) is 10.9 Å². The number of hydrogen-bond donors (Lipinski definition) is 3. The summed E-state index contributed by atoms with van der Waals surface area (Å²) < 4.78 is 0. The van der Waals surface area contributed by atoms with Crippen molar-refractivity contribution < 1.29 is 14.6 Å². The maximum Gasteiger partial charge on any atom is 0.225 e. The van der Waals surface area contributed by atoms with E-state index >= 15 is 0 Å². The van der Waals surface area contributed by atoms with E-state index in [0.717, 1.165) is 19.6 Å². The highest BCUT2D eigenvalue weighted by Crippen LogP contribution is 2.21. The van der Waals surface area contributed by atoms with Gasteiger partial charge >= 0.3 is 0 Å². The van der Waals surface area contributed by atoms with Gasteiger partial charge in [-0.2, -0.15) is 0 Å². The number of carbonyl (C=O) groups is 1. The van der Waals surface area contributed by atoms with Crippen molar-refractivity contribution in [2.75, 3.05) is 26.2 Å². The van der Waals surface area contributed by atoms with Crippen LogP contribution in [-0.4, -0.2) is 38.1 Å². The van der Waals surface area contributed by atoms with Crippen molar-refractivity contribution in [3.8, 4) is 0 Å². The zero-order valence-corrected chi connectivity index (χ0v) is 18.4. The number of hydrogen-bond acceptors (Lipinski definition) is 2. The molecule has 0 aliphatic carbocycles. The van der Waals surface area contributed by atoms with Gasteiger partial charge in [-0.05, 0) is 18.4 Å². The fourth-order valence-corrected chi connectivity index (χ4v) is 5.06. The number of benzene rings is 1. The number of rotatable bonds is 6. The molecule has 3 rings (SSSR count). The summed E-state index contributed by atoms with van der Waals surface area (Å²) in [5.74, 6) is 0.134. The summed E-state index contributed by atoms with van der Waals surface area (Å²) in [7, 11) is 0. The average molecular weight is 402 g/mol. The Morgan fingerprint density at radius 1 is 1.07 bits per heavy atom. The maximum absolute atomic E-state index is 12.6. The lowest BCUT2D eigenvalue weighted by Gasteiger charge is -2.37. The Morgan fingerprint density at radius 2 is 1.75 bits per heavy atom. The Labute approximate surface area is 173 Å². The first-order chi connectivity index (χ1) is 13.3. The molecule has 4 nitrogen and oxygen atoms in total. The second-order valence-electron chi connectivity index (χ2n) is 9.08. The first-order valence-electron chi connectivity index (χ1n) is 10.4. The molecule has 1 aromatic heterocycles. The van der Waals surface area contributed by atoms with E-state index < -0.39 is 0 Å². The van der Waals surface area contributed by atoms with Crippen molar-refractivity contribution in [1.29, 1.82) is 0 Å². The molecule has 1 aliphatic rings. The Bertz CT molecular complexity index is 731. The lowest BCUT2D eigenvalue weighted by molar-refractivity contribution is -1.03. The van der Waals surface area contributed by atoms with E-state index in [1.807, 2.05) is 32.1 Å². The van der Waals surface area contributed by atoms with Crippen LogP contribution in [0.5, 0.6) is 0 Å². The number of quaternary nitrogens is 2. The predicted molar refractivity (Wildman–Crippen MR) is 116 cm³/mol. The molecule has 0 spiro atoms. The highest BCUT2D eigenvalue weighted by Gasteiger charge is 2.36. The molecule has 0 bridgehead atoms. The predicted octanol–water partition coefficient (Wildman–Crippen LogP) is 1.32. The van der Waals surface area contributed by atoms with Crippen molar-refractivity contribution in [3.63, 3.8) is 0 Å². The fraction of sp³-hybridized carbons (Fsp3) is 0.522. The minimum Gasteiger partial charge on any atom is -0.347 e. The number of amides is 1. The molecule has 0 saturated carbocycles. The van der Waals surface area contributed by atoms with Gasteiger partial charge in [-0.25, -0.2) is 0 Å². The van der Waals surface area contributed by atoms with E-state index in [-0.39, 0.29) is 17.4 Å². The monoisotopic (exact) mass is 401 g/mol. The summed E-state index contributed by atoms with van der Waals surface area (Å²) in [6, 6.07) is 15.6. The summed E-state index contributed by atoms with van der Waals surface area (Å²) in [5, 5.41) is 5.45. The third-order valence-corrected chi connectivity index (χ3v) is 6.68. The van der Waals surface area contributed by atoms with Gasteiger partial charge in [0.1, 0.15) is 38.8 Å². The van der Waals surface area contributed by atoms with Crippen LogP contribution in [0.4, 0.5) is 0 Å². The van der Waals surface area contributed by atoms with Gasteiger partial charge in [-0.1, -0.05) is 57.2 Å². The van der Waals surface area contributed by atoms with Crippen LogP contribution in [0, 0.1) is 5.41 Å². The number of piperazine rings is 1. The third-order valence-electron chi connectivity index (χ3n) is 5.73. The van der Waals surface area contributed by atoms with Crippen LogP contribution in [0.2, 0.25) is 0 Å². The molecular weight excluding hydrogens is 366 g/mol. The van der Waals surface area contributed by atoms with E-state index in [4.69, 9.17) is 0 Å². The Balaban J connectivity index is 1.64. The lowest BCUT2D eigenvalue weighted by atomic mass is 9.94. The average Bonchev–Trinajstić information content (AvgIpc) is 3.17. The molecule has 1 amide bonds. The summed E-state index contributed by atoms with van der Waals surface area (Å²) in [4.78, 5) is 17.2. The van der Waals surface area contributed by atoms with Crippen LogP contribution >= 0.6 is 11.3 Å². The van der Waals surface area contributed by atoms with Crippen LogP contribution in [0.3, 0.4) is 0 Å². The summed E-state index contributed by atoms with van der Waals surface area (Å²) in [6.45, 7) is 13.8. The molecule has 1 aliphatic heterocycles. The number of thiophene rings is 1. The largest absolute Gasteiger partial charge is 0.347 e. The Hall–Kier alpha value is -1.69. The van der Waals surface area contributed by atoms with Crippen molar-refractivity contribution >= 4 is 17.2 Å². The van der Waals surface area contributed by atoms with Gasteiger partial charge in [0.15, 0.2) is 0 Å². The summed E-state index contributed by atoms with van der Waals surface area (Å²) in [5.41, 5.74) is 1.06. The highest BCUT2D eigenvalue weighted by atomic mass is 32.1.